The second-order valence-corrected chi connectivity index (χ2v) is 11.7. The summed E-state index contributed by atoms with van der Waals surface area (Å²) in [6.45, 7) is 20.6. The number of azo groups is 1. The Hall–Kier alpha value is -4.51. The van der Waals surface area contributed by atoms with Gasteiger partial charge in [-0.2, -0.15) is 10.4 Å². The average molecular weight is 535 g/mol. The molecule has 0 saturated carbocycles. The molecule has 0 spiro atoms. The van der Waals surface area contributed by atoms with Gasteiger partial charge in [-0.25, -0.2) is 4.98 Å². The summed E-state index contributed by atoms with van der Waals surface area (Å²) >= 11 is 0. The molecule has 3 N–H and O–H groups in total. The van der Waals surface area contributed by atoms with E-state index < -0.39 is 0 Å². The molecule has 2 aromatic heterocycles. The number of aryl methyl sites for hydroxylation is 7. The van der Waals surface area contributed by atoms with Gasteiger partial charge in [-0.3, -0.25) is 5.10 Å². The monoisotopic (exact) mass is 534 g/mol. The van der Waals surface area contributed by atoms with Gasteiger partial charge in [-0.1, -0.05) is 56.2 Å². The summed E-state index contributed by atoms with van der Waals surface area (Å²) in [5.74, 6) is 1.59. The molecule has 0 amide bonds. The zero-order valence-electron chi connectivity index (χ0n) is 25.1. The average Bonchev–Trinajstić information content (AvgIpc) is 3.26. The lowest BCUT2D eigenvalue weighted by atomic mass is 9.90. The Labute approximate surface area is 237 Å². The van der Waals surface area contributed by atoms with Gasteiger partial charge in [0.05, 0.1) is 5.69 Å². The van der Waals surface area contributed by atoms with Crippen molar-refractivity contribution in [2.24, 2.45) is 10.2 Å². The van der Waals surface area contributed by atoms with Crippen LogP contribution in [-0.2, 0) is 5.41 Å². The fourth-order valence-electron chi connectivity index (χ4n) is 5.10. The molecule has 0 saturated heterocycles. The van der Waals surface area contributed by atoms with Gasteiger partial charge >= 0.3 is 0 Å². The highest BCUT2D eigenvalue weighted by Crippen LogP contribution is 2.37. The van der Waals surface area contributed by atoms with Gasteiger partial charge in [0.1, 0.15) is 23.1 Å². The van der Waals surface area contributed by atoms with Crippen LogP contribution in [0.15, 0.2) is 40.6 Å². The highest BCUT2D eigenvalue weighted by atomic mass is 15.3. The highest BCUT2D eigenvalue weighted by molar-refractivity contribution is 5.77. The Morgan fingerprint density at radius 3 is 1.77 bits per heavy atom. The van der Waals surface area contributed by atoms with E-state index in [4.69, 9.17) is 4.98 Å². The Morgan fingerprint density at radius 2 is 1.27 bits per heavy atom. The molecule has 2 aromatic carbocycles. The Balaban J connectivity index is 1.83. The fraction of sp³-hybridized carbons (Fsp3) is 0.344. The first kappa shape index (κ1) is 28.5. The molecule has 0 radical (unpaired) electrons. The molecule has 4 aromatic rings. The number of hydrogen-bond donors (Lipinski definition) is 3. The van der Waals surface area contributed by atoms with Crippen molar-refractivity contribution in [1.29, 1.82) is 5.26 Å². The van der Waals surface area contributed by atoms with E-state index in [9.17, 15) is 5.26 Å². The van der Waals surface area contributed by atoms with E-state index in [1.165, 1.54) is 11.1 Å². The first-order valence-corrected chi connectivity index (χ1v) is 13.4. The fourth-order valence-corrected chi connectivity index (χ4v) is 5.10. The van der Waals surface area contributed by atoms with Crippen molar-refractivity contribution >= 4 is 34.5 Å². The SMILES string of the molecule is Cc1cc(C)c(Nc2cc(C)c(/N=N/c3[nH]nc(C(C)(C)C)c3C#N)c(Nc3c(C)cc(C)cc3C)n2)c(C)c1. The molecular weight excluding hydrogens is 496 g/mol. The molecule has 8 nitrogen and oxygen atoms in total. The van der Waals surface area contributed by atoms with Gasteiger partial charge in [-0.15, -0.1) is 10.2 Å². The van der Waals surface area contributed by atoms with Gasteiger partial charge in [0.2, 0.25) is 0 Å². The van der Waals surface area contributed by atoms with E-state index in [1.54, 1.807) is 0 Å². The maximum absolute atomic E-state index is 9.83. The molecular formula is C32H38N8. The van der Waals surface area contributed by atoms with Crippen molar-refractivity contribution in [3.05, 3.63) is 80.5 Å². The van der Waals surface area contributed by atoms with Crippen LogP contribution in [0, 0.1) is 59.8 Å². The van der Waals surface area contributed by atoms with Crippen molar-refractivity contribution in [2.75, 3.05) is 10.6 Å². The Morgan fingerprint density at radius 1 is 0.750 bits per heavy atom. The van der Waals surface area contributed by atoms with Crippen LogP contribution in [0.5, 0.6) is 0 Å². The van der Waals surface area contributed by atoms with Crippen molar-refractivity contribution < 1.29 is 0 Å². The molecule has 4 rings (SSSR count). The van der Waals surface area contributed by atoms with Gasteiger partial charge in [0, 0.05) is 16.8 Å². The summed E-state index contributed by atoms with van der Waals surface area (Å²) in [7, 11) is 0. The quantitative estimate of drug-likeness (QED) is 0.213. The number of benzene rings is 2. The molecule has 0 aliphatic heterocycles. The number of hydrogen-bond acceptors (Lipinski definition) is 7. The maximum Gasteiger partial charge on any atom is 0.188 e. The predicted octanol–water partition coefficient (Wildman–Crippen LogP) is 9.04. The number of nitrogens with one attached hydrogen (secondary N) is 3. The summed E-state index contributed by atoms with van der Waals surface area (Å²) in [6.07, 6.45) is 0. The summed E-state index contributed by atoms with van der Waals surface area (Å²) in [4.78, 5) is 4.97. The second kappa shape index (κ2) is 10.9. The van der Waals surface area contributed by atoms with Crippen molar-refractivity contribution in [3.63, 3.8) is 0 Å². The number of nitrogens with zero attached hydrogens (tertiary/aromatic N) is 5. The van der Waals surface area contributed by atoms with E-state index in [1.807, 2.05) is 33.8 Å². The highest BCUT2D eigenvalue weighted by Gasteiger charge is 2.24. The predicted molar refractivity (Wildman–Crippen MR) is 163 cm³/mol. The largest absolute Gasteiger partial charge is 0.340 e. The normalized spacial score (nSPS) is 11.6. The smallest absolute Gasteiger partial charge is 0.188 e. The molecule has 40 heavy (non-hydrogen) atoms. The summed E-state index contributed by atoms with van der Waals surface area (Å²) in [6, 6.07) is 12.8. The molecule has 0 fully saturated rings. The Bertz CT molecular complexity index is 1620. The number of anilines is 4. The number of H-pyrrole nitrogens is 1. The lowest BCUT2D eigenvalue weighted by Gasteiger charge is -2.18. The Kier molecular flexibility index (Phi) is 7.79. The van der Waals surface area contributed by atoms with Crippen LogP contribution >= 0.6 is 0 Å². The van der Waals surface area contributed by atoms with Crippen LogP contribution in [0.2, 0.25) is 0 Å². The lowest BCUT2D eigenvalue weighted by Crippen LogP contribution is -2.13. The number of rotatable bonds is 6. The molecule has 2 heterocycles. The van der Waals surface area contributed by atoms with E-state index in [0.717, 1.165) is 39.2 Å². The molecule has 0 unspecified atom stereocenters. The van der Waals surface area contributed by atoms with E-state index in [2.05, 4.69) is 103 Å². The number of aromatic nitrogens is 3. The van der Waals surface area contributed by atoms with Crippen LogP contribution < -0.4 is 10.6 Å². The van der Waals surface area contributed by atoms with Gasteiger partial charge < -0.3 is 10.6 Å². The summed E-state index contributed by atoms with van der Waals surface area (Å²) in [5, 5.41) is 33.2. The molecule has 0 atom stereocenters. The minimum atomic E-state index is -0.306. The number of pyridine rings is 1. The van der Waals surface area contributed by atoms with Gasteiger partial charge in [0.25, 0.3) is 0 Å². The lowest BCUT2D eigenvalue weighted by molar-refractivity contribution is 0.565. The maximum atomic E-state index is 9.83. The number of nitriles is 1. The molecule has 0 aliphatic carbocycles. The number of aromatic amines is 1. The summed E-state index contributed by atoms with van der Waals surface area (Å²) in [5.41, 5.74) is 11.2. The van der Waals surface area contributed by atoms with Gasteiger partial charge in [-0.05, 0) is 82.3 Å². The first-order chi connectivity index (χ1) is 18.8. The molecule has 0 bridgehead atoms. The van der Waals surface area contributed by atoms with Gasteiger partial charge in [0.15, 0.2) is 11.6 Å². The second-order valence-electron chi connectivity index (χ2n) is 11.7. The van der Waals surface area contributed by atoms with Crippen LogP contribution in [0.4, 0.5) is 34.5 Å². The first-order valence-electron chi connectivity index (χ1n) is 13.4. The van der Waals surface area contributed by atoms with E-state index in [0.29, 0.717) is 34.4 Å². The molecule has 206 valence electrons. The standard InChI is InChI=1S/C32H38N8/c1-17-11-19(3)26(20(4)12-17)34-25-15-23(7)28(31(35-25)36-27-21(5)13-18(2)14-22(27)6)37-39-30-24(16-33)29(38-40-30)32(8,9)10/h11-15H,1-10H3,(H,38,40)(H2,34,35,36)/b39-37+. The van der Waals surface area contributed by atoms with Crippen LogP contribution in [-0.4, -0.2) is 15.2 Å². The van der Waals surface area contributed by atoms with Crippen LogP contribution in [0.1, 0.15) is 71.0 Å². The third kappa shape index (κ3) is 5.89. The zero-order chi connectivity index (χ0) is 29.4. The van der Waals surface area contributed by atoms with E-state index in [-0.39, 0.29) is 5.41 Å². The van der Waals surface area contributed by atoms with Crippen molar-refractivity contribution in [3.8, 4) is 6.07 Å². The third-order valence-electron chi connectivity index (χ3n) is 6.85. The van der Waals surface area contributed by atoms with Crippen LogP contribution in [0.3, 0.4) is 0 Å². The minimum Gasteiger partial charge on any atom is -0.340 e. The van der Waals surface area contributed by atoms with Crippen molar-refractivity contribution in [2.45, 2.75) is 74.7 Å². The zero-order valence-corrected chi connectivity index (χ0v) is 25.1. The van der Waals surface area contributed by atoms with Crippen molar-refractivity contribution in [1.82, 2.24) is 15.2 Å². The topological polar surface area (TPSA) is 114 Å². The third-order valence-corrected chi connectivity index (χ3v) is 6.85. The molecule has 8 heteroatoms. The minimum absolute atomic E-state index is 0.306. The molecule has 0 aliphatic rings. The van der Waals surface area contributed by atoms with Crippen LogP contribution in [0.25, 0.3) is 0 Å². The summed E-state index contributed by atoms with van der Waals surface area (Å²) < 4.78 is 0. The van der Waals surface area contributed by atoms with E-state index >= 15 is 0 Å².